The maximum absolute atomic E-state index is 13.0. The van der Waals surface area contributed by atoms with Gasteiger partial charge in [0.25, 0.3) is 0 Å². The first-order chi connectivity index (χ1) is 27.9. The van der Waals surface area contributed by atoms with E-state index in [1.165, 1.54) is 6.42 Å². The van der Waals surface area contributed by atoms with Crippen molar-refractivity contribution in [1.29, 1.82) is 0 Å². The molecule has 58 heavy (non-hydrogen) atoms. The molecule has 5 aromatic rings. The predicted octanol–water partition coefficient (Wildman–Crippen LogP) is 7.96. The van der Waals surface area contributed by atoms with Gasteiger partial charge in [0.15, 0.2) is 22.5 Å². The Kier molecular flexibility index (Phi) is 9.15. The summed E-state index contributed by atoms with van der Waals surface area (Å²) in [5.74, 6) is 0.851. The quantitative estimate of drug-likeness (QED) is 0.134. The van der Waals surface area contributed by atoms with Crippen molar-refractivity contribution in [2.45, 2.75) is 91.2 Å². The molecule has 1 aromatic carbocycles. The highest BCUT2D eigenvalue weighted by molar-refractivity contribution is 7.22. The lowest BCUT2D eigenvalue weighted by molar-refractivity contribution is -0.249. The molecule has 4 aromatic heterocycles. The van der Waals surface area contributed by atoms with Crippen molar-refractivity contribution < 1.29 is 19.4 Å². The zero-order chi connectivity index (χ0) is 39.9. The molecule has 2 unspecified atom stereocenters. The molecule has 2 atom stereocenters. The molecule has 0 radical (unpaired) electrons. The van der Waals surface area contributed by atoms with E-state index in [0.717, 1.165) is 129 Å². The molecule has 2 aliphatic heterocycles. The minimum atomic E-state index is -1.07. The number of benzene rings is 1. The van der Waals surface area contributed by atoms with Crippen LogP contribution in [0.3, 0.4) is 0 Å². The summed E-state index contributed by atoms with van der Waals surface area (Å²) in [4.78, 5) is 26.9. The summed E-state index contributed by atoms with van der Waals surface area (Å²) in [6.45, 7) is 15.8. The van der Waals surface area contributed by atoms with Crippen LogP contribution in [0.5, 0.6) is 0 Å². The van der Waals surface area contributed by atoms with Crippen molar-refractivity contribution in [1.82, 2.24) is 34.8 Å². The maximum atomic E-state index is 13.0. The van der Waals surface area contributed by atoms with Crippen LogP contribution in [0.4, 0.5) is 22.6 Å². The summed E-state index contributed by atoms with van der Waals surface area (Å²) in [5.41, 5.74) is 5.76. The van der Waals surface area contributed by atoms with Gasteiger partial charge in [-0.3, -0.25) is 9.58 Å². The number of nitrogens with one attached hydrogen (secondary N) is 1. The highest BCUT2D eigenvalue weighted by Gasteiger charge is 2.66. The van der Waals surface area contributed by atoms with Gasteiger partial charge in [-0.05, 0) is 106 Å². The van der Waals surface area contributed by atoms with E-state index in [1.807, 2.05) is 41.4 Å². The van der Waals surface area contributed by atoms with Gasteiger partial charge >= 0.3 is 5.97 Å². The number of aromatic carboxylic acids is 1. The van der Waals surface area contributed by atoms with E-state index in [-0.39, 0.29) is 27.5 Å². The molecule has 1 saturated heterocycles. The van der Waals surface area contributed by atoms with Gasteiger partial charge in [-0.2, -0.15) is 5.10 Å². The largest absolute Gasteiger partial charge is 0.476 e. The maximum Gasteiger partial charge on any atom is 0.355 e. The first-order valence-corrected chi connectivity index (χ1v) is 21.7. The second-order valence-corrected chi connectivity index (χ2v) is 19.7. The number of carboxylic acids is 1. The van der Waals surface area contributed by atoms with Crippen LogP contribution >= 0.6 is 11.3 Å². The van der Waals surface area contributed by atoms with Gasteiger partial charge < -0.3 is 24.8 Å². The molecule has 4 saturated carbocycles. The molecule has 4 bridgehead atoms. The predicted molar refractivity (Wildman–Crippen MR) is 224 cm³/mol. The number of carbonyl (C=O) groups is 1. The van der Waals surface area contributed by atoms with Gasteiger partial charge in [-0.15, -0.1) is 10.2 Å². The summed E-state index contributed by atoms with van der Waals surface area (Å²) in [6, 6.07) is 11.9. The lowest BCUT2D eigenvalue weighted by atomic mass is 9.39. The normalized spacial score (nSPS) is 28.0. The van der Waals surface area contributed by atoms with E-state index in [1.54, 1.807) is 11.3 Å². The fraction of sp³-hybridized carbons (Fsp3) is 0.545. The average molecular weight is 804 g/mol. The lowest BCUT2D eigenvalue weighted by Crippen LogP contribution is -2.64. The van der Waals surface area contributed by atoms with Crippen LogP contribution in [-0.2, 0) is 22.4 Å². The van der Waals surface area contributed by atoms with Gasteiger partial charge in [0.05, 0.1) is 41.8 Å². The number of fused-ring (bicyclic) bond motifs is 2. The molecular weight excluding hydrogens is 751 g/mol. The monoisotopic (exact) mass is 803 g/mol. The third kappa shape index (κ3) is 6.75. The van der Waals surface area contributed by atoms with Crippen LogP contribution in [0.25, 0.3) is 21.3 Å². The van der Waals surface area contributed by atoms with E-state index < -0.39 is 5.97 Å². The number of pyridine rings is 1. The summed E-state index contributed by atoms with van der Waals surface area (Å²) in [5, 5.41) is 29.0. The second-order valence-electron chi connectivity index (χ2n) is 18.7. The Morgan fingerprint density at radius 2 is 1.74 bits per heavy atom. The van der Waals surface area contributed by atoms with E-state index in [9.17, 15) is 9.90 Å². The number of carboxylic acid groups (broad SMARTS) is 1. The van der Waals surface area contributed by atoms with Crippen molar-refractivity contribution in [3.05, 3.63) is 65.1 Å². The number of ether oxygens (including phenoxy) is 2. The molecule has 304 valence electrons. The number of hydrogen-bond acceptors (Lipinski definition) is 12. The fourth-order valence-corrected chi connectivity index (χ4v) is 13.3. The zero-order valence-corrected chi connectivity index (χ0v) is 34.8. The van der Waals surface area contributed by atoms with Crippen LogP contribution < -0.4 is 10.2 Å². The number of hydrogen-bond donors (Lipinski definition) is 2. The minimum absolute atomic E-state index is 0.00789. The van der Waals surface area contributed by atoms with E-state index >= 15 is 0 Å². The Morgan fingerprint density at radius 1 is 0.948 bits per heavy atom. The third-order valence-corrected chi connectivity index (χ3v) is 14.7. The van der Waals surface area contributed by atoms with Gasteiger partial charge in [-0.25, -0.2) is 14.8 Å². The van der Waals surface area contributed by atoms with Gasteiger partial charge in [0, 0.05) is 60.7 Å². The van der Waals surface area contributed by atoms with Crippen LogP contribution in [0, 0.1) is 30.1 Å². The Labute approximate surface area is 343 Å². The number of para-hydroxylation sites is 1. The van der Waals surface area contributed by atoms with Crippen LogP contribution in [0.15, 0.2) is 42.6 Å². The Hall–Kier alpha value is -4.50. The third-order valence-electron chi connectivity index (χ3n) is 13.7. The van der Waals surface area contributed by atoms with Crippen molar-refractivity contribution in [2.24, 2.45) is 16.2 Å². The molecule has 2 N–H and O–H groups in total. The molecular formula is C44H53N9O4S. The topological polar surface area (TPSA) is 144 Å². The van der Waals surface area contributed by atoms with E-state index in [2.05, 4.69) is 58.9 Å². The highest BCUT2D eigenvalue weighted by atomic mass is 32.1. The van der Waals surface area contributed by atoms with Crippen LogP contribution in [0.2, 0.25) is 0 Å². The second kappa shape index (κ2) is 14.1. The van der Waals surface area contributed by atoms with E-state index in [4.69, 9.17) is 24.5 Å². The van der Waals surface area contributed by atoms with Crippen molar-refractivity contribution in [2.75, 3.05) is 56.2 Å². The van der Waals surface area contributed by atoms with Gasteiger partial charge in [-0.1, -0.05) is 37.3 Å². The molecule has 6 heterocycles. The van der Waals surface area contributed by atoms with Crippen molar-refractivity contribution in [3.8, 4) is 11.1 Å². The molecule has 11 rings (SSSR count). The summed E-state index contributed by atoms with van der Waals surface area (Å²) < 4.78 is 15.8. The fourth-order valence-electron chi connectivity index (χ4n) is 12.5. The van der Waals surface area contributed by atoms with Gasteiger partial charge in [0.2, 0.25) is 0 Å². The smallest absolute Gasteiger partial charge is 0.355 e. The molecule has 0 spiro atoms. The standard InChI is InChI=1S/C44H53N9O4S/c1-28-30-8-7-13-52(38(30)50-49-37(28)48-40-46-33-9-5-6-10-34(33)58-40)35-12-11-31(36(47-35)39(54)55)32-20-45-53(29(32)2)27-43-22-41(3)21-42(4,23-43)25-44(24-41,26-43)57-19-16-51-14-17-56-18-15-51/h5-6,9-12,20H,7-8,13-19,21-27H2,1-4H3,(H,54,55)(H,46,48,49). The first kappa shape index (κ1) is 37.7. The van der Waals surface area contributed by atoms with E-state index in [0.29, 0.717) is 29.6 Å². The lowest BCUT2D eigenvalue weighted by Gasteiger charge is -2.69. The number of thiazole rings is 1. The molecule has 5 fully saturated rings. The first-order valence-electron chi connectivity index (χ1n) is 20.9. The Bertz CT molecular complexity index is 2350. The van der Waals surface area contributed by atoms with Crippen LogP contribution in [-0.4, -0.2) is 97.5 Å². The Morgan fingerprint density at radius 3 is 2.52 bits per heavy atom. The average Bonchev–Trinajstić information content (AvgIpc) is 3.76. The molecule has 6 aliphatic rings. The zero-order valence-electron chi connectivity index (χ0n) is 34.0. The molecule has 0 amide bonds. The summed E-state index contributed by atoms with van der Waals surface area (Å²) >= 11 is 1.58. The molecule has 14 heteroatoms. The SMILES string of the molecule is Cc1c(Nc2nc3ccccc3s2)nnc2c1CCCN2c1ccc(-c2cnn(CC34CC5(C)CC(C)(C3)CC(OCCN3CCOCC3)(C5)C4)c2C)c(C(=O)O)n1. The minimum Gasteiger partial charge on any atom is -0.476 e. The van der Waals surface area contributed by atoms with Crippen molar-refractivity contribution in [3.63, 3.8) is 0 Å². The van der Waals surface area contributed by atoms with Crippen molar-refractivity contribution >= 4 is 50.1 Å². The number of nitrogens with zero attached hydrogens (tertiary/aromatic N) is 8. The number of morpholine rings is 1. The van der Waals surface area contributed by atoms with Crippen LogP contribution in [0.1, 0.15) is 86.1 Å². The molecule has 13 nitrogen and oxygen atoms in total. The van der Waals surface area contributed by atoms with Gasteiger partial charge in [0.1, 0.15) is 5.82 Å². The number of aromatic nitrogens is 6. The summed E-state index contributed by atoms with van der Waals surface area (Å²) in [7, 11) is 0. The number of rotatable bonds is 11. The highest BCUT2D eigenvalue weighted by Crippen LogP contribution is 2.72. The summed E-state index contributed by atoms with van der Waals surface area (Å²) in [6.07, 6.45) is 10.4. The molecule has 4 aliphatic carbocycles. The Balaban J connectivity index is 0.898. The number of anilines is 4.